The second-order valence-corrected chi connectivity index (χ2v) is 9.50. The van der Waals surface area contributed by atoms with Crippen molar-refractivity contribution in [2.24, 2.45) is 0 Å². The van der Waals surface area contributed by atoms with Gasteiger partial charge in [-0.05, 0) is 66.4 Å². The maximum Gasteiger partial charge on any atom is 0.257 e. The van der Waals surface area contributed by atoms with Gasteiger partial charge in [-0.15, -0.1) is 0 Å². The van der Waals surface area contributed by atoms with E-state index in [9.17, 15) is 9.59 Å². The van der Waals surface area contributed by atoms with Gasteiger partial charge in [0.2, 0.25) is 0 Å². The molecule has 0 fully saturated rings. The highest BCUT2D eigenvalue weighted by Crippen LogP contribution is 2.38. The molecule has 192 valence electrons. The summed E-state index contributed by atoms with van der Waals surface area (Å²) in [7, 11) is 0. The average Bonchev–Trinajstić information content (AvgIpc) is 2.96. The van der Waals surface area contributed by atoms with Crippen molar-refractivity contribution >= 4 is 11.8 Å². The standard InChI is InChI=1S/C32H31N3O3/c1-23-8-7-11-26(20-23)31-29-21-28(38-22-30(36)34-18-15-27-12-5-6-17-33-27)14-13-24(29)16-19-35(31)32(37)25-9-3-2-4-10-25/h2-14,17,20-21,31H,15-16,18-19,22H2,1H3,(H,34,36)/t31-/m1/s1. The zero-order valence-corrected chi connectivity index (χ0v) is 21.5. The van der Waals surface area contributed by atoms with Crippen LogP contribution in [-0.2, 0) is 17.6 Å². The van der Waals surface area contributed by atoms with Crippen molar-refractivity contribution in [1.29, 1.82) is 0 Å². The number of aryl methyl sites for hydroxylation is 1. The summed E-state index contributed by atoms with van der Waals surface area (Å²) < 4.78 is 5.89. The molecule has 1 aliphatic rings. The SMILES string of the molecule is Cc1cccc([C@@H]2c3cc(OCC(=O)NCCc4ccccn4)ccc3CCN2C(=O)c2ccccc2)c1. The van der Waals surface area contributed by atoms with Gasteiger partial charge in [-0.1, -0.05) is 60.2 Å². The lowest BCUT2D eigenvalue weighted by molar-refractivity contribution is -0.123. The summed E-state index contributed by atoms with van der Waals surface area (Å²) in [6, 6.07) is 29.1. The van der Waals surface area contributed by atoms with Gasteiger partial charge in [0.15, 0.2) is 6.61 Å². The number of carbonyl (C=O) groups is 2. The number of rotatable bonds is 8. The minimum atomic E-state index is -0.248. The highest BCUT2D eigenvalue weighted by molar-refractivity contribution is 5.95. The van der Waals surface area contributed by atoms with E-state index in [4.69, 9.17) is 4.74 Å². The number of aromatic nitrogens is 1. The highest BCUT2D eigenvalue weighted by atomic mass is 16.5. The van der Waals surface area contributed by atoms with E-state index in [1.807, 2.05) is 71.6 Å². The fourth-order valence-electron chi connectivity index (χ4n) is 4.92. The van der Waals surface area contributed by atoms with Crippen LogP contribution in [0, 0.1) is 6.92 Å². The molecule has 0 saturated carbocycles. The lowest BCUT2D eigenvalue weighted by Gasteiger charge is -2.38. The second kappa shape index (κ2) is 11.7. The van der Waals surface area contributed by atoms with Gasteiger partial charge in [0.05, 0.1) is 6.04 Å². The molecule has 4 aromatic rings. The number of benzene rings is 3. The minimum Gasteiger partial charge on any atom is -0.484 e. The molecular formula is C32H31N3O3. The Bertz CT molecular complexity index is 1410. The van der Waals surface area contributed by atoms with E-state index in [1.54, 1.807) is 6.20 Å². The zero-order chi connectivity index (χ0) is 26.3. The topological polar surface area (TPSA) is 71.5 Å². The Morgan fingerprint density at radius 2 is 1.82 bits per heavy atom. The molecule has 0 unspecified atom stereocenters. The number of fused-ring (bicyclic) bond motifs is 1. The normalized spacial score (nSPS) is 14.4. The Balaban J connectivity index is 1.34. The number of carbonyl (C=O) groups excluding carboxylic acids is 2. The number of amides is 2. The summed E-state index contributed by atoms with van der Waals surface area (Å²) in [6.07, 6.45) is 3.16. The van der Waals surface area contributed by atoms with Crippen molar-refractivity contribution in [2.75, 3.05) is 19.7 Å². The van der Waals surface area contributed by atoms with Crippen molar-refractivity contribution in [3.05, 3.63) is 131 Å². The zero-order valence-electron chi connectivity index (χ0n) is 21.5. The Hall–Kier alpha value is -4.45. The van der Waals surface area contributed by atoms with Crippen LogP contribution in [0.2, 0.25) is 0 Å². The molecule has 0 radical (unpaired) electrons. The Labute approximate surface area is 223 Å². The molecule has 0 aliphatic carbocycles. The van der Waals surface area contributed by atoms with Gasteiger partial charge in [-0.3, -0.25) is 14.6 Å². The lowest BCUT2D eigenvalue weighted by atomic mass is 9.87. The maximum atomic E-state index is 13.6. The molecule has 0 saturated heterocycles. The first-order valence-electron chi connectivity index (χ1n) is 12.9. The molecule has 1 N–H and O–H groups in total. The summed E-state index contributed by atoms with van der Waals surface area (Å²) in [5, 5.41) is 2.89. The third kappa shape index (κ3) is 5.92. The number of hydrogen-bond acceptors (Lipinski definition) is 4. The molecule has 2 amide bonds. The molecule has 38 heavy (non-hydrogen) atoms. The van der Waals surface area contributed by atoms with Gasteiger partial charge >= 0.3 is 0 Å². The summed E-state index contributed by atoms with van der Waals surface area (Å²) >= 11 is 0. The van der Waals surface area contributed by atoms with Crippen LogP contribution >= 0.6 is 0 Å². The maximum absolute atomic E-state index is 13.6. The molecule has 1 aliphatic heterocycles. The molecule has 6 heteroatoms. The van der Waals surface area contributed by atoms with Gasteiger partial charge in [0.1, 0.15) is 5.75 Å². The predicted molar refractivity (Wildman–Crippen MR) is 147 cm³/mol. The van der Waals surface area contributed by atoms with Gasteiger partial charge in [-0.2, -0.15) is 0 Å². The van der Waals surface area contributed by atoms with E-state index in [2.05, 4.69) is 41.5 Å². The number of hydrogen-bond donors (Lipinski definition) is 1. The largest absolute Gasteiger partial charge is 0.484 e. The van der Waals surface area contributed by atoms with E-state index in [1.165, 1.54) is 5.56 Å². The second-order valence-electron chi connectivity index (χ2n) is 9.50. The van der Waals surface area contributed by atoms with Crippen LogP contribution in [0.25, 0.3) is 0 Å². The van der Waals surface area contributed by atoms with Crippen molar-refractivity contribution in [1.82, 2.24) is 15.2 Å². The smallest absolute Gasteiger partial charge is 0.257 e. The van der Waals surface area contributed by atoms with E-state index in [0.29, 0.717) is 30.8 Å². The molecule has 0 bridgehead atoms. The van der Waals surface area contributed by atoms with E-state index in [-0.39, 0.29) is 24.5 Å². The highest BCUT2D eigenvalue weighted by Gasteiger charge is 2.33. The van der Waals surface area contributed by atoms with E-state index >= 15 is 0 Å². The van der Waals surface area contributed by atoms with Crippen molar-refractivity contribution in [3.8, 4) is 5.75 Å². The first-order chi connectivity index (χ1) is 18.6. The van der Waals surface area contributed by atoms with Crippen LogP contribution in [-0.4, -0.2) is 41.4 Å². The summed E-state index contributed by atoms with van der Waals surface area (Å²) in [4.78, 5) is 32.2. The van der Waals surface area contributed by atoms with Gasteiger partial charge in [0.25, 0.3) is 11.8 Å². The number of ether oxygens (including phenoxy) is 1. The van der Waals surface area contributed by atoms with Crippen molar-refractivity contribution in [3.63, 3.8) is 0 Å². The lowest BCUT2D eigenvalue weighted by Crippen LogP contribution is -2.40. The quantitative estimate of drug-likeness (QED) is 0.369. The number of pyridine rings is 1. The van der Waals surface area contributed by atoms with Crippen LogP contribution in [0.1, 0.15) is 44.3 Å². The first kappa shape index (κ1) is 25.2. The third-order valence-electron chi connectivity index (χ3n) is 6.78. The van der Waals surface area contributed by atoms with Crippen molar-refractivity contribution in [2.45, 2.75) is 25.8 Å². The fourth-order valence-corrected chi connectivity index (χ4v) is 4.92. The van der Waals surface area contributed by atoms with Gasteiger partial charge in [0, 0.05) is 37.0 Å². The van der Waals surface area contributed by atoms with Gasteiger partial charge in [-0.25, -0.2) is 0 Å². The molecule has 3 aromatic carbocycles. The molecule has 0 spiro atoms. The Morgan fingerprint density at radius 3 is 2.61 bits per heavy atom. The molecule has 5 rings (SSSR count). The third-order valence-corrected chi connectivity index (χ3v) is 6.78. The monoisotopic (exact) mass is 505 g/mol. The van der Waals surface area contributed by atoms with Crippen LogP contribution in [0.3, 0.4) is 0 Å². The summed E-state index contributed by atoms with van der Waals surface area (Å²) in [5.74, 6) is 0.423. The van der Waals surface area contributed by atoms with Crippen LogP contribution in [0.4, 0.5) is 0 Å². The molecule has 1 atom stereocenters. The first-order valence-corrected chi connectivity index (χ1v) is 12.9. The van der Waals surface area contributed by atoms with Crippen LogP contribution in [0.5, 0.6) is 5.75 Å². The minimum absolute atomic E-state index is 0.00126. The summed E-state index contributed by atoms with van der Waals surface area (Å²) in [5.41, 5.74) is 6.00. The predicted octanol–water partition coefficient (Wildman–Crippen LogP) is 4.92. The van der Waals surface area contributed by atoms with E-state index in [0.717, 1.165) is 28.8 Å². The van der Waals surface area contributed by atoms with Crippen LogP contribution < -0.4 is 10.1 Å². The van der Waals surface area contributed by atoms with Crippen LogP contribution in [0.15, 0.2) is 97.2 Å². The average molecular weight is 506 g/mol. The Kier molecular flexibility index (Phi) is 7.78. The number of nitrogens with zero attached hydrogens (tertiary/aromatic N) is 2. The van der Waals surface area contributed by atoms with Crippen molar-refractivity contribution < 1.29 is 14.3 Å². The molecule has 1 aromatic heterocycles. The Morgan fingerprint density at radius 1 is 0.974 bits per heavy atom. The fraction of sp³-hybridized carbons (Fsp3) is 0.219. The molecule has 6 nitrogen and oxygen atoms in total. The molecular weight excluding hydrogens is 474 g/mol. The number of nitrogens with one attached hydrogen (secondary N) is 1. The summed E-state index contributed by atoms with van der Waals surface area (Å²) in [6.45, 7) is 3.10. The van der Waals surface area contributed by atoms with E-state index < -0.39 is 0 Å². The van der Waals surface area contributed by atoms with Gasteiger partial charge < -0.3 is 15.0 Å². The molecule has 2 heterocycles.